The first-order valence-electron chi connectivity index (χ1n) is 3.90. The standard InChI is InChI=1S/C8H17OS/c1-4-8(3,5-2)10-7-6-9/h4-7H2,1-3H3. The number of hydrogen-bond donors (Lipinski definition) is 0. The average Bonchev–Trinajstić information content (AvgIpc) is 2.00. The second kappa shape index (κ2) is 5.03. The van der Waals surface area contributed by atoms with Crippen LogP contribution in [0.5, 0.6) is 0 Å². The van der Waals surface area contributed by atoms with Gasteiger partial charge in [0.05, 0.1) is 6.61 Å². The third-order valence-electron chi connectivity index (χ3n) is 2.03. The Kier molecular flexibility index (Phi) is 5.18. The van der Waals surface area contributed by atoms with Crippen LogP contribution in [0.1, 0.15) is 33.6 Å². The molecule has 0 unspecified atom stereocenters. The molecule has 1 nitrogen and oxygen atoms in total. The molecule has 0 aliphatic heterocycles. The summed E-state index contributed by atoms with van der Waals surface area (Å²) in [7, 11) is 0. The summed E-state index contributed by atoms with van der Waals surface area (Å²) in [6, 6.07) is 0. The van der Waals surface area contributed by atoms with Gasteiger partial charge in [0.1, 0.15) is 0 Å². The van der Waals surface area contributed by atoms with Crippen LogP contribution < -0.4 is 0 Å². The van der Waals surface area contributed by atoms with Crippen molar-refractivity contribution in [2.75, 3.05) is 12.4 Å². The minimum Gasteiger partial charge on any atom is -0.236 e. The van der Waals surface area contributed by atoms with E-state index in [0.29, 0.717) is 4.75 Å². The number of hydrogen-bond acceptors (Lipinski definition) is 1. The molecule has 61 valence electrons. The molecule has 0 aromatic carbocycles. The summed E-state index contributed by atoms with van der Waals surface area (Å²) >= 11 is 1.81. The van der Waals surface area contributed by atoms with Gasteiger partial charge in [-0.3, -0.25) is 0 Å². The Bertz CT molecular complexity index is 79.3. The van der Waals surface area contributed by atoms with E-state index in [-0.39, 0.29) is 6.61 Å². The van der Waals surface area contributed by atoms with Crippen molar-refractivity contribution in [3.05, 3.63) is 0 Å². The van der Waals surface area contributed by atoms with Gasteiger partial charge in [-0.25, -0.2) is 5.11 Å². The monoisotopic (exact) mass is 161 g/mol. The summed E-state index contributed by atoms with van der Waals surface area (Å²) in [6.07, 6.45) is 2.32. The van der Waals surface area contributed by atoms with E-state index in [1.807, 2.05) is 11.8 Å². The molecule has 0 atom stereocenters. The minimum absolute atomic E-state index is 0.0558. The van der Waals surface area contributed by atoms with E-state index in [2.05, 4.69) is 20.8 Å². The van der Waals surface area contributed by atoms with Crippen LogP contribution in [-0.4, -0.2) is 17.1 Å². The van der Waals surface area contributed by atoms with Crippen LogP contribution in [-0.2, 0) is 5.11 Å². The molecule has 0 fully saturated rings. The molecule has 0 aromatic heterocycles. The van der Waals surface area contributed by atoms with Crippen LogP contribution in [0.15, 0.2) is 0 Å². The van der Waals surface area contributed by atoms with Crippen LogP contribution in [0.3, 0.4) is 0 Å². The SMILES string of the molecule is CCC(C)(CC)SCC[O]. The Labute approximate surface area is 68.2 Å². The Hall–Kier alpha value is 0.310. The number of rotatable bonds is 5. The molecule has 2 heteroatoms. The lowest BCUT2D eigenvalue weighted by atomic mass is 10.1. The van der Waals surface area contributed by atoms with E-state index in [9.17, 15) is 5.11 Å². The molecule has 0 bridgehead atoms. The molecule has 0 aliphatic rings. The first-order chi connectivity index (χ1) is 4.68. The summed E-state index contributed by atoms with van der Waals surface area (Å²) in [5, 5.41) is 10.2. The molecule has 0 rings (SSSR count). The molecule has 0 saturated carbocycles. The summed E-state index contributed by atoms with van der Waals surface area (Å²) in [5.41, 5.74) is 0. The molecule has 0 spiro atoms. The van der Waals surface area contributed by atoms with Gasteiger partial charge >= 0.3 is 0 Å². The van der Waals surface area contributed by atoms with E-state index in [1.165, 1.54) is 0 Å². The molecular weight excluding hydrogens is 144 g/mol. The molecule has 0 heterocycles. The van der Waals surface area contributed by atoms with E-state index in [0.717, 1.165) is 18.6 Å². The van der Waals surface area contributed by atoms with Gasteiger partial charge in [-0.15, -0.1) is 0 Å². The smallest absolute Gasteiger partial charge is 0.0912 e. The van der Waals surface area contributed by atoms with Gasteiger partial charge in [0.25, 0.3) is 0 Å². The fourth-order valence-electron chi connectivity index (χ4n) is 0.742. The molecule has 0 amide bonds. The molecule has 10 heavy (non-hydrogen) atoms. The van der Waals surface area contributed by atoms with Crippen LogP contribution in [0.4, 0.5) is 0 Å². The van der Waals surface area contributed by atoms with Gasteiger partial charge in [0.15, 0.2) is 0 Å². The molecule has 0 aromatic rings. The highest BCUT2D eigenvalue weighted by molar-refractivity contribution is 8.00. The second-order valence-electron chi connectivity index (χ2n) is 2.71. The topological polar surface area (TPSA) is 19.9 Å². The predicted octanol–water partition coefficient (Wildman–Crippen LogP) is 2.73. The zero-order chi connectivity index (χ0) is 8.04. The van der Waals surface area contributed by atoms with Crippen molar-refractivity contribution >= 4 is 11.8 Å². The van der Waals surface area contributed by atoms with Gasteiger partial charge in [-0.1, -0.05) is 20.8 Å². The third kappa shape index (κ3) is 3.47. The van der Waals surface area contributed by atoms with Crippen molar-refractivity contribution < 1.29 is 5.11 Å². The second-order valence-corrected chi connectivity index (χ2v) is 4.39. The average molecular weight is 161 g/mol. The molecule has 0 N–H and O–H groups in total. The Morgan fingerprint density at radius 1 is 1.30 bits per heavy atom. The van der Waals surface area contributed by atoms with E-state index in [4.69, 9.17) is 0 Å². The Balaban J connectivity index is 3.58. The highest BCUT2D eigenvalue weighted by Gasteiger charge is 2.18. The summed E-state index contributed by atoms with van der Waals surface area (Å²) in [5.74, 6) is 0.762. The maximum absolute atomic E-state index is 10.2. The fourth-order valence-corrected chi connectivity index (χ4v) is 1.73. The maximum Gasteiger partial charge on any atom is 0.0912 e. The van der Waals surface area contributed by atoms with Crippen LogP contribution in [0.25, 0.3) is 0 Å². The normalized spacial score (nSPS) is 12.0. The van der Waals surface area contributed by atoms with E-state index >= 15 is 0 Å². The fraction of sp³-hybridized carbons (Fsp3) is 1.00. The third-order valence-corrected chi connectivity index (χ3v) is 3.67. The van der Waals surface area contributed by atoms with Gasteiger partial charge in [-0.2, -0.15) is 11.8 Å². The van der Waals surface area contributed by atoms with Crippen molar-refractivity contribution in [3.8, 4) is 0 Å². The summed E-state index contributed by atoms with van der Waals surface area (Å²) in [6.45, 7) is 6.65. The van der Waals surface area contributed by atoms with Crippen molar-refractivity contribution in [1.82, 2.24) is 0 Å². The van der Waals surface area contributed by atoms with Crippen molar-refractivity contribution in [1.29, 1.82) is 0 Å². The highest BCUT2D eigenvalue weighted by Crippen LogP contribution is 2.31. The van der Waals surface area contributed by atoms with Crippen molar-refractivity contribution in [3.63, 3.8) is 0 Å². The van der Waals surface area contributed by atoms with Gasteiger partial charge < -0.3 is 0 Å². The van der Waals surface area contributed by atoms with Crippen molar-refractivity contribution in [2.24, 2.45) is 0 Å². The Morgan fingerprint density at radius 2 is 1.80 bits per heavy atom. The quantitative estimate of drug-likeness (QED) is 0.607. The lowest BCUT2D eigenvalue weighted by Gasteiger charge is -2.25. The van der Waals surface area contributed by atoms with Crippen LogP contribution in [0, 0.1) is 0 Å². The molecule has 0 aliphatic carbocycles. The maximum atomic E-state index is 10.2. The zero-order valence-electron chi connectivity index (χ0n) is 7.14. The van der Waals surface area contributed by atoms with Crippen LogP contribution >= 0.6 is 11.8 Å². The van der Waals surface area contributed by atoms with Gasteiger partial charge in [0, 0.05) is 10.5 Å². The number of thioether (sulfide) groups is 1. The first-order valence-corrected chi connectivity index (χ1v) is 4.89. The van der Waals surface area contributed by atoms with Gasteiger partial charge in [-0.05, 0) is 12.8 Å². The summed E-state index contributed by atoms with van der Waals surface area (Å²) in [4.78, 5) is 0. The van der Waals surface area contributed by atoms with Gasteiger partial charge in [0.2, 0.25) is 0 Å². The van der Waals surface area contributed by atoms with Crippen molar-refractivity contribution in [2.45, 2.75) is 38.4 Å². The lowest BCUT2D eigenvalue weighted by molar-refractivity contribution is 0.215. The van der Waals surface area contributed by atoms with E-state index < -0.39 is 0 Å². The van der Waals surface area contributed by atoms with Crippen LogP contribution in [0.2, 0.25) is 0 Å². The molecule has 1 radical (unpaired) electrons. The minimum atomic E-state index is 0.0558. The highest BCUT2D eigenvalue weighted by atomic mass is 32.2. The predicted molar refractivity (Wildman–Crippen MR) is 47.0 cm³/mol. The first kappa shape index (κ1) is 10.3. The lowest BCUT2D eigenvalue weighted by Crippen LogP contribution is -2.18. The Morgan fingerprint density at radius 3 is 2.10 bits per heavy atom. The molecule has 0 saturated heterocycles. The molecular formula is C8H17OS. The summed E-state index contributed by atoms with van der Waals surface area (Å²) < 4.78 is 0.352. The van der Waals surface area contributed by atoms with E-state index in [1.54, 1.807) is 0 Å². The largest absolute Gasteiger partial charge is 0.236 e. The zero-order valence-corrected chi connectivity index (χ0v) is 7.96.